The molecular formula is C19H30N6O3. The molecular weight excluding hydrogens is 360 g/mol. The van der Waals surface area contributed by atoms with E-state index in [-0.39, 0.29) is 23.7 Å². The van der Waals surface area contributed by atoms with Gasteiger partial charge in [0.15, 0.2) is 0 Å². The number of hydrogen-bond donors (Lipinski definition) is 1. The van der Waals surface area contributed by atoms with Crippen LogP contribution in [-0.2, 0) is 10.3 Å². The van der Waals surface area contributed by atoms with Crippen LogP contribution < -0.4 is 0 Å². The molecule has 0 bridgehead atoms. The summed E-state index contributed by atoms with van der Waals surface area (Å²) in [5, 5.41) is 25.1. The van der Waals surface area contributed by atoms with Gasteiger partial charge in [-0.3, -0.25) is 4.79 Å². The van der Waals surface area contributed by atoms with Crippen LogP contribution in [-0.4, -0.2) is 41.4 Å². The molecule has 1 fully saturated rings. The van der Waals surface area contributed by atoms with Crippen molar-refractivity contribution in [3.8, 4) is 11.6 Å². The number of nitrogens with zero attached hydrogens (tertiary/aromatic N) is 6. The highest BCUT2D eigenvalue weighted by Crippen LogP contribution is 2.31. The molecule has 9 heteroatoms. The van der Waals surface area contributed by atoms with Crippen LogP contribution in [0.3, 0.4) is 0 Å². The van der Waals surface area contributed by atoms with Crippen molar-refractivity contribution in [3.63, 3.8) is 0 Å². The maximum atomic E-state index is 11.3. The third-order valence-electron chi connectivity index (χ3n) is 5.41. The van der Waals surface area contributed by atoms with Gasteiger partial charge in [-0.05, 0) is 43.5 Å². The highest BCUT2D eigenvalue weighted by Gasteiger charge is 2.27. The van der Waals surface area contributed by atoms with Gasteiger partial charge < -0.3 is 9.63 Å². The molecule has 0 unspecified atom stereocenters. The SMILES string of the molecule is CC(C)(C)n1nnnc1-c1noc([C@H](CCCC2CCCCC2)CC(=O)O)n1. The second-order valence-corrected chi connectivity index (χ2v) is 8.77. The fourth-order valence-electron chi connectivity index (χ4n) is 3.92. The molecule has 0 aliphatic heterocycles. The van der Waals surface area contributed by atoms with Gasteiger partial charge in [0.2, 0.25) is 17.5 Å². The molecule has 0 radical (unpaired) electrons. The number of hydrogen-bond acceptors (Lipinski definition) is 7. The van der Waals surface area contributed by atoms with Crippen LogP contribution >= 0.6 is 0 Å². The van der Waals surface area contributed by atoms with Crippen molar-refractivity contribution in [1.29, 1.82) is 0 Å². The minimum Gasteiger partial charge on any atom is -0.481 e. The quantitative estimate of drug-likeness (QED) is 0.723. The van der Waals surface area contributed by atoms with Gasteiger partial charge in [0.05, 0.1) is 12.0 Å². The lowest BCUT2D eigenvalue weighted by Gasteiger charge is -2.21. The Morgan fingerprint density at radius 2 is 2.04 bits per heavy atom. The number of carboxylic acids is 1. The van der Waals surface area contributed by atoms with Gasteiger partial charge in [-0.25, -0.2) is 4.68 Å². The summed E-state index contributed by atoms with van der Waals surface area (Å²) in [5.41, 5.74) is -0.333. The maximum Gasteiger partial charge on any atom is 0.304 e. The molecule has 0 spiro atoms. The van der Waals surface area contributed by atoms with Crippen LogP contribution in [0.5, 0.6) is 0 Å². The summed E-state index contributed by atoms with van der Waals surface area (Å²) in [6.45, 7) is 5.94. The predicted octanol–water partition coefficient (Wildman–Crippen LogP) is 3.79. The number of tetrazole rings is 1. The van der Waals surface area contributed by atoms with Crippen molar-refractivity contribution >= 4 is 5.97 Å². The van der Waals surface area contributed by atoms with Gasteiger partial charge in [0.1, 0.15) is 0 Å². The molecule has 0 amide bonds. The van der Waals surface area contributed by atoms with Crippen molar-refractivity contribution in [1.82, 2.24) is 30.3 Å². The third-order valence-corrected chi connectivity index (χ3v) is 5.41. The Balaban J connectivity index is 1.69. The molecule has 1 saturated carbocycles. The Morgan fingerprint density at radius 1 is 1.29 bits per heavy atom. The second-order valence-electron chi connectivity index (χ2n) is 8.77. The van der Waals surface area contributed by atoms with Crippen LogP contribution in [0.25, 0.3) is 11.6 Å². The van der Waals surface area contributed by atoms with Crippen LogP contribution in [0.15, 0.2) is 4.52 Å². The lowest BCUT2D eigenvalue weighted by molar-refractivity contribution is -0.137. The summed E-state index contributed by atoms with van der Waals surface area (Å²) >= 11 is 0. The van der Waals surface area contributed by atoms with Crippen molar-refractivity contribution in [2.75, 3.05) is 0 Å². The van der Waals surface area contributed by atoms with Gasteiger partial charge >= 0.3 is 5.97 Å². The summed E-state index contributed by atoms with van der Waals surface area (Å²) in [4.78, 5) is 15.8. The molecule has 1 aliphatic rings. The van der Waals surface area contributed by atoms with Gasteiger partial charge in [0.25, 0.3) is 0 Å². The highest BCUT2D eigenvalue weighted by atomic mass is 16.5. The molecule has 28 heavy (non-hydrogen) atoms. The number of carbonyl (C=O) groups is 1. The minimum absolute atomic E-state index is 0.0173. The molecule has 1 atom stereocenters. The van der Waals surface area contributed by atoms with Crippen molar-refractivity contribution < 1.29 is 14.4 Å². The summed E-state index contributed by atoms with van der Waals surface area (Å²) in [5.74, 6) is 0.679. The number of aromatic nitrogens is 6. The fourth-order valence-corrected chi connectivity index (χ4v) is 3.92. The normalized spacial score (nSPS) is 17.0. The summed E-state index contributed by atoms with van der Waals surface area (Å²) in [7, 11) is 0. The molecule has 2 aromatic rings. The van der Waals surface area contributed by atoms with Crippen molar-refractivity contribution in [3.05, 3.63) is 5.89 Å². The van der Waals surface area contributed by atoms with Crippen molar-refractivity contribution in [2.24, 2.45) is 5.92 Å². The van der Waals surface area contributed by atoms with Gasteiger partial charge in [-0.2, -0.15) is 4.98 Å². The number of aliphatic carboxylic acids is 1. The van der Waals surface area contributed by atoms with Crippen LogP contribution in [0.1, 0.15) is 90.4 Å². The van der Waals surface area contributed by atoms with E-state index < -0.39 is 5.97 Å². The first-order valence-corrected chi connectivity index (χ1v) is 10.2. The minimum atomic E-state index is -0.859. The molecule has 9 nitrogen and oxygen atoms in total. The summed E-state index contributed by atoms with van der Waals surface area (Å²) in [6.07, 6.45) is 9.40. The molecule has 154 valence electrons. The average Bonchev–Trinajstić information content (AvgIpc) is 3.30. The molecule has 2 aromatic heterocycles. The molecule has 1 aliphatic carbocycles. The lowest BCUT2D eigenvalue weighted by atomic mass is 9.84. The topological polar surface area (TPSA) is 120 Å². The second kappa shape index (κ2) is 8.79. The van der Waals surface area contributed by atoms with Crippen LogP contribution in [0, 0.1) is 5.92 Å². The van der Waals surface area contributed by atoms with Crippen LogP contribution in [0.2, 0.25) is 0 Å². The predicted molar refractivity (Wildman–Crippen MR) is 102 cm³/mol. The number of rotatable bonds is 8. The van der Waals surface area contributed by atoms with E-state index in [1.54, 1.807) is 4.68 Å². The Hall–Kier alpha value is -2.32. The Bertz CT molecular complexity index is 773. The first-order chi connectivity index (χ1) is 13.3. The van der Waals surface area contributed by atoms with Gasteiger partial charge in [0, 0.05) is 5.92 Å². The third kappa shape index (κ3) is 5.14. The maximum absolute atomic E-state index is 11.3. The standard InChI is InChI=1S/C19H30N6O3/c1-19(2,3)25-17(21-23-24-25)16-20-18(28-22-16)14(12-15(26)27)11-7-10-13-8-5-4-6-9-13/h13-14H,4-12H2,1-3H3,(H,26,27)/t14-/m1/s1. The average molecular weight is 390 g/mol. The fraction of sp³-hybridized carbons (Fsp3) is 0.789. The van der Waals surface area contributed by atoms with E-state index in [9.17, 15) is 9.90 Å². The zero-order valence-corrected chi connectivity index (χ0v) is 17.0. The first kappa shape index (κ1) is 20.4. The summed E-state index contributed by atoms with van der Waals surface area (Å²) in [6, 6.07) is 0. The molecule has 3 rings (SSSR count). The van der Waals surface area contributed by atoms with E-state index in [1.807, 2.05) is 20.8 Å². The molecule has 1 N–H and O–H groups in total. The number of carboxylic acid groups (broad SMARTS) is 1. The molecule has 2 heterocycles. The molecule has 0 saturated heterocycles. The Kier molecular flexibility index (Phi) is 6.41. The monoisotopic (exact) mass is 390 g/mol. The highest BCUT2D eigenvalue weighted by molar-refractivity contribution is 5.67. The van der Waals surface area contributed by atoms with E-state index in [4.69, 9.17) is 4.52 Å². The van der Waals surface area contributed by atoms with Gasteiger partial charge in [-0.15, -0.1) is 5.10 Å². The smallest absolute Gasteiger partial charge is 0.304 e. The van der Waals surface area contributed by atoms with Crippen molar-refractivity contribution in [2.45, 2.75) is 90.0 Å². The van der Waals surface area contributed by atoms with E-state index >= 15 is 0 Å². The first-order valence-electron chi connectivity index (χ1n) is 10.2. The summed E-state index contributed by atoms with van der Waals surface area (Å²) < 4.78 is 7.06. The Morgan fingerprint density at radius 3 is 2.71 bits per heavy atom. The molecule has 0 aromatic carbocycles. The zero-order chi connectivity index (χ0) is 20.1. The van der Waals surface area contributed by atoms with E-state index in [2.05, 4.69) is 25.7 Å². The van der Waals surface area contributed by atoms with E-state index in [1.165, 1.54) is 32.1 Å². The Labute approximate surface area is 164 Å². The van der Waals surface area contributed by atoms with Gasteiger partial charge in [-0.1, -0.05) is 50.1 Å². The van der Waals surface area contributed by atoms with Crippen LogP contribution in [0.4, 0.5) is 0 Å². The van der Waals surface area contributed by atoms with E-state index in [0.29, 0.717) is 11.7 Å². The largest absolute Gasteiger partial charge is 0.481 e. The van der Waals surface area contributed by atoms with E-state index in [0.717, 1.165) is 25.2 Å². The zero-order valence-electron chi connectivity index (χ0n) is 17.0. The lowest BCUT2D eigenvalue weighted by Crippen LogP contribution is -2.24.